The first kappa shape index (κ1) is 23.4. The van der Waals surface area contributed by atoms with E-state index in [-0.39, 0.29) is 18.2 Å². The van der Waals surface area contributed by atoms with Crippen molar-refractivity contribution in [2.24, 2.45) is 5.10 Å². The fourth-order valence-corrected chi connectivity index (χ4v) is 3.33. The molecule has 0 spiro atoms. The molecule has 0 bridgehead atoms. The van der Waals surface area contributed by atoms with Gasteiger partial charge in [-0.25, -0.2) is 10.2 Å². The Bertz CT molecular complexity index is 1170. The molecule has 0 aliphatic rings. The lowest BCUT2D eigenvalue weighted by Gasteiger charge is -2.08. The molecule has 0 fully saturated rings. The quantitative estimate of drug-likeness (QED) is 0.195. The molecule has 2 amide bonds. The Hall–Kier alpha value is -3.30. The van der Waals surface area contributed by atoms with Crippen LogP contribution in [0.25, 0.3) is 0 Å². The summed E-state index contributed by atoms with van der Waals surface area (Å²) < 4.78 is 6.96. The molecule has 162 valence electrons. The number of hydrogen-bond donors (Lipinski definition) is 2. The zero-order chi connectivity index (χ0) is 22.9. The third-order valence-electron chi connectivity index (χ3n) is 4.07. The van der Waals surface area contributed by atoms with Crippen LogP contribution in [0.3, 0.4) is 0 Å². The molecule has 32 heavy (non-hydrogen) atoms. The molecule has 0 heterocycles. The Morgan fingerprint density at radius 1 is 0.875 bits per heavy atom. The van der Waals surface area contributed by atoms with Crippen LogP contribution in [-0.4, -0.2) is 30.5 Å². The lowest BCUT2D eigenvalue weighted by molar-refractivity contribution is -0.120. The van der Waals surface area contributed by atoms with Crippen molar-refractivity contribution in [2.45, 2.75) is 0 Å². The average Bonchev–Trinajstić information content (AvgIpc) is 2.79. The van der Waals surface area contributed by atoms with Gasteiger partial charge in [0.15, 0.2) is 0 Å². The molecule has 7 nitrogen and oxygen atoms in total. The number of carbonyl (C=O) groups excluding carboxylic acids is 3. The van der Waals surface area contributed by atoms with E-state index in [1.807, 2.05) is 0 Å². The monoisotopic (exact) mass is 557 g/mol. The van der Waals surface area contributed by atoms with Crippen LogP contribution in [0.1, 0.15) is 26.3 Å². The lowest BCUT2D eigenvalue weighted by Crippen LogP contribution is -2.34. The third kappa shape index (κ3) is 6.86. The average molecular weight is 559 g/mol. The van der Waals surface area contributed by atoms with Gasteiger partial charge in [0.1, 0.15) is 5.75 Å². The minimum atomic E-state index is -0.512. The van der Waals surface area contributed by atoms with Crippen LogP contribution in [0.2, 0.25) is 0 Å². The van der Waals surface area contributed by atoms with E-state index in [1.54, 1.807) is 72.8 Å². The van der Waals surface area contributed by atoms with Gasteiger partial charge in [0.25, 0.3) is 11.8 Å². The number of carbonyl (C=O) groups is 3. The van der Waals surface area contributed by atoms with Crippen LogP contribution in [-0.2, 0) is 4.79 Å². The predicted octanol–water partition coefficient (Wildman–Crippen LogP) is 4.31. The highest BCUT2D eigenvalue weighted by atomic mass is 79.9. The maximum atomic E-state index is 12.3. The van der Waals surface area contributed by atoms with Crippen molar-refractivity contribution in [2.75, 3.05) is 6.54 Å². The smallest absolute Gasteiger partial charge is 0.343 e. The Kier molecular flexibility index (Phi) is 8.29. The zero-order valence-corrected chi connectivity index (χ0v) is 19.7. The van der Waals surface area contributed by atoms with E-state index in [4.69, 9.17) is 4.74 Å². The molecular weight excluding hydrogens is 542 g/mol. The number of nitrogens with one attached hydrogen (secondary N) is 2. The van der Waals surface area contributed by atoms with Gasteiger partial charge < -0.3 is 10.1 Å². The number of esters is 1. The van der Waals surface area contributed by atoms with Crippen LogP contribution < -0.4 is 15.5 Å². The fourth-order valence-electron chi connectivity index (χ4n) is 2.55. The molecule has 0 saturated heterocycles. The number of hydrazone groups is 1. The number of hydrogen-bond acceptors (Lipinski definition) is 5. The van der Waals surface area contributed by atoms with Crippen LogP contribution >= 0.6 is 31.9 Å². The number of benzene rings is 3. The van der Waals surface area contributed by atoms with Gasteiger partial charge in [-0.05, 0) is 48.5 Å². The summed E-state index contributed by atoms with van der Waals surface area (Å²) in [5.41, 5.74) is 3.64. The summed E-state index contributed by atoms with van der Waals surface area (Å²) in [5.74, 6) is -1.13. The van der Waals surface area contributed by atoms with Crippen LogP contribution in [0, 0.1) is 0 Å². The van der Waals surface area contributed by atoms with Gasteiger partial charge in [0.2, 0.25) is 0 Å². The second-order valence-electron chi connectivity index (χ2n) is 6.42. The Morgan fingerprint density at radius 3 is 2.34 bits per heavy atom. The van der Waals surface area contributed by atoms with Gasteiger partial charge in [-0.3, -0.25) is 9.59 Å². The van der Waals surface area contributed by atoms with Gasteiger partial charge >= 0.3 is 5.97 Å². The Labute approximate surface area is 201 Å². The molecule has 3 aromatic carbocycles. The summed E-state index contributed by atoms with van der Waals surface area (Å²) >= 11 is 6.65. The molecule has 0 aromatic heterocycles. The molecular formula is C23H17Br2N3O4. The summed E-state index contributed by atoms with van der Waals surface area (Å²) in [6.07, 6.45) is 1.35. The summed E-state index contributed by atoms with van der Waals surface area (Å²) in [6, 6.07) is 20.4. The number of rotatable bonds is 7. The van der Waals surface area contributed by atoms with Gasteiger partial charge in [0.05, 0.1) is 18.3 Å². The summed E-state index contributed by atoms with van der Waals surface area (Å²) in [5, 5.41) is 6.41. The molecule has 0 saturated carbocycles. The molecule has 0 unspecified atom stereocenters. The number of amides is 2. The van der Waals surface area contributed by atoms with Crippen molar-refractivity contribution < 1.29 is 19.1 Å². The fraction of sp³-hybridized carbons (Fsp3) is 0.0435. The topological polar surface area (TPSA) is 96.9 Å². The normalized spacial score (nSPS) is 10.6. The molecule has 0 radical (unpaired) electrons. The second kappa shape index (κ2) is 11.4. The predicted molar refractivity (Wildman–Crippen MR) is 128 cm³/mol. The number of ether oxygens (including phenoxy) is 1. The SMILES string of the molecule is O=C(CNC(=O)c1cccc(Br)c1)N/N=C\c1cc(Br)ccc1OC(=O)c1ccccc1. The largest absolute Gasteiger partial charge is 0.422 e. The van der Waals surface area contributed by atoms with E-state index in [2.05, 4.69) is 47.7 Å². The Balaban J connectivity index is 1.58. The summed E-state index contributed by atoms with van der Waals surface area (Å²) in [7, 11) is 0. The van der Waals surface area contributed by atoms with Gasteiger partial charge in [-0.2, -0.15) is 5.10 Å². The van der Waals surface area contributed by atoms with Crippen molar-refractivity contribution in [1.82, 2.24) is 10.7 Å². The van der Waals surface area contributed by atoms with E-state index < -0.39 is 11.9 Å². The van der Waals surface area contributed by atoms with Gasteiger partial charge in [-0.15, -0.1) is 0 Å². The number of halogens is 2. The summed E-state index contributed by atoms with van der Waals surface area (Å²) in [6.45, 7) is -0.253. The van der Waals surface area contributed by atoms with E-state index >= 15 is 0 Å². The van der Waals surface area contributed by atoms with Crippen molar-refractivity contribution in [3.63, 3.8) is 0 Å². The maximum absolute atomic E-state index is 12.3. The highest BCUT2D eigenvalue weighted by Crippen LogP contribution is 2.23. The minimum Gasteiger partial charge on any atom is -0.422 e. The van der Waals surface area contributed by atoms with Crippen molar-refractivity contribution in [1.29, 1.82) is 0 Å². The molecule has 2 N–H and O–H groups in total. The third-order valence-corrected chi connectivity index (χ3v) is 5.06. The zero-order valence-electron chi connectivity index (χ0n) is 16.5. The highest BCUT2D eigenvalue weighted by Gasteiger charge is 2.12. The minimum absolute atomic E-state index is 0.253. The van der Waals surface area contributed by atoms with Crippen LogP contribution in [0.15, 0.2) is 86.8 Å². The van der Waals surface area contributed by atoms with Crippen LogP contribution in [0.4, 0.5) is 0 Å². The molecule has 9 heteroatoms. The highest BCUT2D eigenvalue weighted by molar-refractivity contribution is 9.10. The number of nitrogens with zero attached hydrogens (tertiary/aromatic N) is 1. The summed E-state index contributed by atoms with van der Waals surface area (Å²) in [4.78, 5) is 36.4. The first-order valence-corrected chi connectivity index (χ1v) is 10.9. The second-order valence-corrected chi connectivity index (χ2v) is 8.26. The van der Waals surface area contributed by atoms with Gasteiger partial charge in [0, 0.05) is 20.1 Å². The lowest BCUT2D eigenvalue weighted by atomic mass is 10.2. The maximum Gasteiger partial charge on any atom is 0.343 e. The van der Waals surface area contributed by atoms with Gasteiger partial charge in [-0.1, -0.05) is 56.1 Å². The van der Waals surface area contributed by atoms with Crippen molar-refractivity contribution >= 4 is 55.9 Å². The van der Waals surface area contributed by atoms with Crippen LogP contribution in [0.5, 0.6) is 5.75 Å². The standard InChI is InChI=1S/C23H17Br2N3O4/c24-18-8-4-7-16(11-18)22(30)26-14-21(29)28-27-13-17-12-19(25)9-10-20(17)32-23(31)15-5-2-1-3-6-15/h1-13H,14H2,(H,26,30)(H,28,29)/b27-13-. The van der Waals surface area contributed by atoms with E-state index in [0.717, 1.165) is 8.95 Å². The van der Waals surface area contributed by atoms with E-state index in [9.17, 15) is 14.4 Å². The van der Waals surface area contributed by atoms with Crippen molar-refractivity contribution in [3.05, 3.63) is 98.4 Å². The molecule has 3 rings (SSSR count). The molecule has 3 aromatic rings. The molecule has 0 atom stereocenters. The molecule has 0 aliphatic heterocycles. The van der Waals surface area contributed by atoms with Crippen molar-refractivity contribution in [3.8, 4) is 5.75 Å². The molecule has 0 aliphatic carbocycles. The first-order valence-electron chi connectivity index (χ1n) is 9.35. The Morgan fingerprint density at radius 2 is 1.59 bits per heavy atom. The first-order chi connectivity index (χ1) is 15.4. The van der Waals surface area contributed by atoms with E-state index in [1.165, 1.54) is 6.21 Å². The van der Waals surface area contributed by atoms with E-state index in [0.29, 0.717) is 16.7 Å².